The second-order valence-electron chi connectivity index (χ2n) is 8.33. The van der Waals surface area contributed by atoms with Gasteiger partial charge in [0, 0.05) is 72.6 Å². The number of benzene rings is 1. The van der Waals surface area contributed by atoms with E-state index in [-0.39, 0.29) is 6.04 Å². The van der Waals surface area contributed by atoms with Crippen LogP contribution in [0.2, 0.25) is 0 Å². The second-order valence-corrected chi connectivity index (χ2v) is 10.2. The molecule has 0 saturated carbocycles. The summed E-state index contributed by atoms with van der Waals surface area (Å²) < 4.78 is 29.1. The number of nitrogens with zero attached hydrogens (tertiary/aromatic N) is 7. The molecule has 0 unspecified atom stereocenters. The SMILES string of the molecule is C=CS(=O)(=O)N1CCC(n2cc(-c3cnc(-c4cccc(-c5cnn(C)c5)c4)nc3)cn2)CC1. The van der Waals surface area contributed by atoms with Crippen LogP contribution in [0.1, 0.15) is 18.9 Å². The van der Waals surface area contributed by atoms with Crippen molar-refractivity contribution in [3.05, 3.63) is 73.4 Å². The predicted octanol–water partition coefficient (Wildman–Crippen LogP) is 3.52. The maximum Gasteiger partial charge on any atom is 0.235 e. The van der Waals surface area contributed by atoms with Gasteiger partial charge in [0.25, 0.3) is 0 Å². The predicted molar refractivity (Wildman–Crippen MR) is 130 cm³/mol. The standard InChI is InChI=1S/C24H25N7O2S/c1-3-34(32,33)30-9-7-23(8-10-30)31-17-22(15-28-31)20-12-25-24(26-13-20)19-6-4-5-18(11-19)21-14-27-29(2)16-21/h3-6,11-17,23H,1,7-10H2,2H3. The lowest BCUT2D eigenvalue weighted by atomic mass is 10.1. The van der Waals surface area contributed by atoms with Crippen LogP contribution in [0.15, 0.2) is 73.4 Å². The molecule has 10 heteroatoms. The van der Waals surface area contributed by atoms with E-state index in [4.69, 9.17) is 0 Å². The Hall–Kier alpha value is -3.63. The Labute approximate surface area is 198 Å². The van der Waals surface area contributed by atoms with Crippen molar-refractivity contribution in [1.82, 2.24) is 33.8 Å². The summed E-state index contributed by atoms with van der Waals surface area (Å²) >= 11 is 0. The lowest BCUT2D eigenvalue weighted by Gasteiger charge is -2.30. The van der Waals surface area contributed by atoms with Gasteiger partial charge in [-0.3, -0.25) is 9.36 Å². The van der Waals surface area contributed by atoms with E-state index in [0.29, 0.717) is 31.8 Å². The lowest BCUT2D eigenvalue weighted by Crippen LogP contribution is -2.38. The quantitative estimate of drug-likeness (QED) is 0.423. The first-order chi connectivity index (χ1) is 16.4. The van der Waals surface area contributed by atoms with Crippen molar-refractivity contribution in [2.24, 2.45) is 7.05 Å². The van der Waals surface area contributed by atoms with Crippen LogP contribution in [-0.4, -0.2) is 55.3 Å². The van der Waals surface area contributed by atoms with Crippen LogP contribution in [0.4, 0.5) is 0 Å². The fourth-order valence-electron chi connectivity index (χ4n) is 4.19. The summed E-state index contributed by atoms with van der Waals surface area (Å²) in [6, 6.07) is 8.24. The van der Waals surface area contributed by atoms with Crippen LogP contribution in [-0.2, 0) is 17.1 Å². The maximum atomic E-state index is 12.0. The largest absolute Gasteiger partial charge is 0.275 e. The third-order valence-corrected chi connectivity index (χ3v) is 7.62. The van der Waals surface area contributed by atoms with Crippen LogP contribution in [0, 0.1) is 0 Å². The summed E-state index contributed by atoms with van der Waals surface area (Å²) in [6.45, 7) is 4.33. The Morgan fingerprint density at radius 3 is 2.26 bits per heavy atom. The van der Waals surface area contributed by atoms with Crippen molar-refractivity contribution < 1.29 is 8.42 Å². The molecular formula is C24H25N7O2S. The zero-order valence-corrected chi connectivity index (χ0v) is 19.6. The fraction of sp³-hybridized carbons (Fsp3) is 0.250. The highest BCUT2D eigenvalue weighted by molar-refractivity contribution is 7.92. The molecule has 1 saturated heterocycles. The molecular weight excluding hydrogens is 450 g/mol. The van der Waals surface area contributed by atoms with E-state index in [1.807, 2.05) is 48.5 Å². The Bertz CT molecular complexity index is 1420. The molecule has 0 amide bonds. The molecule has 34 heavy (non-hydrogen) atoms. The molecule has 9 nitrogen and oxygen atoms in total. The van der Waals surface area contributed by atoms with Crippen molar-refractivity contribution >= 4 is 10.0 Å². The van der Waals surface area contributed by atoms with Crippen LogP contribution in [0.25, 0.3) is 33.6 Å². The zero-order valence-electron chi connectivity index (χ0n) is 18.8. The highest BCUT2D eigenvalue weighted by atomic mass is 32.2. The minimum absolute atomic E-state index is 0.153. The zero-order chi connectivity index (χ0) is 23.7. The topological polar surface area (TPSA) is 98.8 Å². The Kier molecular flexibility index (Phi) is 5.84. The molecule has 174 valence electrons. The van der Waals surface area contributed by atoms with Gasteiger partial charge >= 0.3 is 0 Å². The number of rotatable bonds is 6. The van der Waals surface area contributed by atoms with E-state index in [2.05, 4.69) is 32.8 Å². The van der Waals surface area contributed by atoms with Gasteiger partial charge in [-0.25, -0.2) is 18.4 Å². The van der Waals surface area contributed by atoms with Crippen molar-refractivity contribution in [2.75, 3.05) is 13.1 Å². The monoisotopic (exact) mass is 475 g/mol. The molecule has 0 aliphatic carbocycles. The summed E-state index contributed by atoms with van der Waals surface area (Å²) in [5.74, 6) is 0.651. The van der Waals surface area contributed by atoms with Gasteiger partial charge in [-0.2, -0.15) is 14.5 Å². The van der Waals surface area contributed by atoms with E-state index >= 15 is 0 Å². The molecule has 0 spiro atoms. The van der Waals surface area contributed by atoms with Crippen LogP contribution in [0.5, 0.6) is 0 Å². The van der Waals surface area contributed by atoms with Crippen LogP contribution < -0.4 is 0 Å². The molecule has 0 N–H and O–H groups in total. The van der Waals surface area contributed by atoms with Crippen LogP contribution >= 0.6 is 0 Å². The van der Waals surface area contributed by atoms with E-state index in [1.165, 1.54) is 4.31 Å². The highest BCUT2D eigenvalue weighted by Gasteiger charge is 2.27. The van der Waals surface area contributed by atoms with Crippen LogP contribution in [0.3, 0.4) is 0 Å². The average Bonchev–Trinajstić information content (AvgIpc) is 3.54. The molecule has 5 rings (SSSR count). The molecule has 0 atom stereocenters. The molecule has 3 aromatic heterocycles. The lowest BCUT2D eigenvalue weighted by molar-refractivity contribution is 0.263. The number of piperidine rings is 1. The third-order valence-electron chi connectivity index (χ3n) is 6.11. The summed E-state index contributed by atoms with van der Waals surface area (Å²) in [7, 11) is -1.47. The van der Waals surface area contributed by atoms with Gasteiger partial charge in [0.2, 0.25) is 10.0 Å². The number of aryl methyl sites for hydroxylation is 1. The summed E-state index contributed by atoms with van der Waals surface area (Å²) in [6.07, 6.45) is 12.6. The number of hydrogen-bond donors (Lipinski definition) is 0. The minimum atomic E-state index is -3.36. The van der Waals surface area contributed by atoms with Gasteiger partial charge < -0.3 is 0 Å². The molecule has 1 aromatic carbocycles. The molecule has 1 aliphatic rings. The maximum absolute atomic E-state index is 12.0. The normalized spacial score (nSPS) is 15.4. The second kappa shape index (κ2) is 8.96. The summed E-state index contributed by atoms with van der Waals surface area (Å²) in [5, 5.41) is 9.77. The average molecular weight is 476 g/mol. The molecule has 4 aromatic rings. The van der Waals surface area contributed by atoms with Crippen molar-refractivity contribution in [1.29, 1.82) is 0 Å². The van der Waals surface area contributed by atoms with Crippen molar-refractivity contribution in [3.63, 3.8) is 0 Å². The van der Waals surface area contributed by atoms with E-state index in [0.717, 1.165) is 33.2 Å². The van der Waals surface area contributed by atoms with Gasteiger partial charge in [-0.1, -0.05) is 24.8 Å². The Morgan fingerprint density at radius 2 is 1.59 bits per heavy atom. The number of sulfonamides is 1. The van der Waals surface area contributed by atoms with Gasteiger partial charge in [-0.15, -0.1) is 0 Å². The molecule has 1 aliphatic heterocycles. The number of hydrogen-bond acceptors (Lipinski definition) is 6. The summed E-state index contributed by atoms with van der Waals surface area (Å²) in [4.78, 5) is 9.16. The third kappa shape index (κ3) is 4.42. The molecule has 0 radical (unpaired) electrons. The summed E-state index contributed by atoms with van der Waals surface area (Å²) in [5.41, 5.74) is 4.85. The van der Waals surface area contributed by atoms with E-state index in [1.54, 1.807) is 23.3 Å². The minimum Gasteiger partial charge on any atom is -0.275 e. The van der Waals surface area contributed by atoms with E-state index in [9.17, 15) is 8.42 Å². The van der Waals surface area contributed by atoms with Gasteiger partial charge in [-0.05, 0) is 24.5 Å². The first-order valence-corrected chi connectivity index (χ1v) is 12.5. The van der Waals surface area contributed by atoms with Gasteiger partial charge in [0.15, 0.2) is 5.82 Å². The Balaban J connectivity index is 1.29. The smallest absolute Gasteiger partial charge is 0.235 e. The molecule has 4 heterocycles. The van der Waals surface area contributed by atoms with Gasteiger partial charge in [0.1, 0.15) is 0 Å². The van der Waals surface area contributed by atoms with E-state index < -0.39 is 10.0 Å². The fourth-order valence-corrected chi connectivity index (χ4v) is 5.12. The van der Waals surface area contributed by atoms with Gasteiger partial charge in [0.05, 0.1) is 18.4 Å². The van der Waals surface area contributed by atoms with Crippen molar-refractivity contribution in [2.45, 2.75) is 18.9 Å². The molecule has 1 fully saturated rings. The molecule has 0 bridgehead atoms. The first kappa shape index (κ1) is 22.2. The first-order valence-electron chi connectivity index (χ1n) is 11.0. The van der Waals surface area contributed by atoms with Crippen molar-refractivity contribution in [3.8, 4) is 33.6 Å². The number of aromatic nitrogens is 6. The highest BCUT2D eigenvalue weighted by Crippen LogP contribution is 2.28. The Morgan fingerprint density at radius 1 is 0.912 bits per heavy atom.